The number of rotatable bonds is 6. The van der Waals surface area contributed by atoms with Gasteiger partial charge in [-0.3, -0.25) is 9.59 Å². The molecule has 0 aromatic carbocycles. The number of hydrogen-bond donors (Lipinski definition) is 2. The zero-order chi connectivity index (χ0) is 12.2. The Bertz CT molecular complexity index is 272. The van der Waals surface area contributed by atoms with Crippen LogP contribution in [-0.2, 0) is 14.3 Å². The van der Waals surface area contributed by atoms with E-state index in [1.807, 2.05) is 0 Å². The number of nitrogens with one attached hydrogen (secondary N) is 1. The van der Waals surface area contributed by atoms with Crippen molar-refractivity contribution >= 4 is 11.9 Å². The number of hydrogen-bond acceptors (Lipinski definition) is 4. The molecule has 1 saturated carbocycles. The Balaban J connectivity index is 2.17. The van der Waals surface area contributed by atoms with Crippen molar-refractivity contribution < 1.29 is 14.3 Å². The molecule has 0 aromatic rings. The molecule has 0 heterocycles. The summed E-state index contributed by atoms with van der Waals surface area (Å²) in [6, 6.07) is 0. The minimum absolute atomic E-state index is 0.125. The first-order valence-corrected chi connectivity index (χ1v) is 5.62. The summed E-state index contributed by atoms with van der Waals surface area (Å²) in [5.41, 5.74) is 5.17. The zero-order valence-corrected chi connectivity index (χ0v) is 9.91. The molecule has 5 nitrogen and oxygen atoms in total. The van der Waals surface area contributed by atoms with Crippen LogP contribution in [0.4, 0.5) is 0 Å². The fourth-order valence-electron chi connectivity index (χ4n) is 1.60. The number of methoxy groups -OCH3 is 1. The van der Waals surface area contributed by atoms with E-state index in [9.17, 15) is 9.59 Å². The van der Waals surface area contributed by atoms with Gasteiger partial charge in [-0.05, 0) is 32.1 Å². The van der Waals surface area contributed by atoms with Crippen LogP contribution in [0, 0.1) is 5.92 Å². The largest absolute Gasteiger partial charge is 0.469 e. The van der Waals surface area contributed by atoms with Gasteiger partial charge in [0.25, 0.3) is 0 Å². The normalized spacial score (nSPS) is 18.7. The summed E-state index contributed by atoms with van der Waals surface area (Å²) in [5, 5.41) is 2.75. The van der Waals surface area contributed by atoms with Gasteiger partial charge < -0.3 is 15.8 Å². The SMILES string of the molecule is COC(=O)CCCNC(=O)C(C)(N)C1CC1. The van der Waals surface area contributed by atoms with E-state index in [0.29, 0.717) is 25.3 Å². The van der Waals surface area contributed by atoms with Crippen LogP contribution in [0.25, 0.3) is 0 Å². The van der Waals surface area contributed by atoms with Crippen LogP contribution >= 0.6 is 0 Å². The van der Waals surface area contributed by atoms with Gasteiger partial charge in [0.05, 0.1) is 12.6 Å². The first-order valence-electron chi connectivity index (χ1n) is 5.62. The van der Waals surface area contributed by atoms with Crippen LogP contribution in [0.2, 0.25) is 0 Å². The van der Waals surface area contributed by atoms with Crippen molar-refractivity contribution in [3.05, 3.63) is 0 Å². The van der Waals surface area contributed by atoms with Crippen molar-refractivity contribution in [1.29, 1.82) is 0 Å². The average Bonchev–Trinajstić information content (AvgIpc) is 3.07. The molecule has 1 aliphatic carbocycles. The molecule has 5 heteroatoms. The van der Waals surface area contributed by atoms with Gasteiger partial charge in [0.2, 0.25) is 5.91 Å². The maximum Gasteiger partial charge on any atom is 0.305 e. The maximum absolute atomic E-state index is 11.7. The third kappa shape index (κ3) is 3.48. The smallest absolute Gasteiger partial charge is 0.305 e. The molecule has 1 rings (SSSR count). The highest BCUT2D eigenvalue weighted by atomic mass is 16.5. The lowest BCUT2D eigenvalue weighted by atomic mass is 9.96. The Morgan fingerprint density at radius 1 is 1.50 bits per heavy atom. The molecular formula is C11H20N2O3. The van der Waals surface area contributed by atoms with Crippen LogP contribution in [0.15, 0.2) is 0 Å². The fraction of sp³-hybridized carbons (Fsp3) is 0.818. The Hall–Kier alpha value is -1.10. The van der Waals surface area contributed by atoms with Crippen LogP contribution in [0.5, 0.6) is 0 Å². The van der Waals surface area contributed by atoms with Crippen molar-refractivity contribution in [3.63, 3.8) is 0 Å². The lowest BCUT2D eigenvalue weighted by Gasteiger charge is -2.22. The molecule has 0 spiro atoms. The Kier molecular flexibility index (Phi) is 4.29. The number of amides is 1. The van der Waals surface area contributed by atoms with Crippen molar-refractivity contribution in [2.24, 2.45) is 11.7 Å². The molecule has 3 N–H and O–H groups in total. The molecule has 1 unspecified atom stereocenters. The minimum Gasteiger partial charge on any atom is -0.469 e. The molecule has 1 amide bonds. The van der Waals surface area contributed by atoms with E-state index in [1.165, 1.54) is 7.11 Å². The molecule has 1 atom stereocenters. The van der Waals surface area contributed by atoms with Gasteiger partial charge in [-0.25, -0.2) is 0 Å². The molecule has 0 saturated heterocycles. The monoisotopic (exact) mass is 228 g/mol. The topological polar surface area (TPSA) is 81.4 Å². The third-order valence-electron chi connectivity index (χ3n) is 2.99. The van der Waals surface area contributed by atoms with Crippen LogP contribution in [0.1, 0.15) is 32.6 Å². The minimum atomic E-state index is -0.759. The van der Waals surface area contributed by atoms with Gasteiger partial charge in [-0.1, -0.05) is 0 Å². The van der Waals surface area contributed by atoms with Gasteiger partial charge in [0.15, 0.2) is 0 Å². The number of ether oxygens (including phenoxy) is 1. The summed E-state index contributed by atoms with van der Waals surface area (Å²) in [6.07, 6.45) is 2.96. The Morgan fingerprint density at radius 2 is 2.12 bits per heavy atom. The van der Waals surface area contributed by atoms with Crippen molar-refractivity contribution in [2.75, 3.05) is 13.7 Å². The predicted molar refractivity (Wildman–Crippen MR) is 59.6 cm³/mol. The fourth-order valence-corrected chi connectivity index (χ4v) is 1.60. The standard InChI is InChI=1S/C11H20N2O3/c1-11(12,8-5-6-8)10(15)13-7-3-4-9(14)16-2/h8H,3-7,12H2,1-2H3,(H,13,15). The summed E-state index contributed by atoms with van der Waals surface area (Å²) >= 11 is 0. The van der Waals surface area contributed by atoms with E-state index in [4.69, 9.17) is 5.73 Å². The summed E-state index contributed by atoms with van der Waals surface area (Å²) in [4.78, 5) is 22.5. The van der Waals surface area contributed by atoms with Crippen molar-refractivity contribution in [1.82, 2.24) is 5.32 Å². The van der Waals surface area contributed by atoms with Gasteiger partial charge in [-0.2, -0.15) is 0 Å². The van der Waals surface area contributed by atoms with E-state index >= 15 is 0 Å². The maximum atomic E-state index is 11.7. The lowest BCUT2D eigenvalue weighted by molar-refractivity contribution is -0.140. The molecule has 0 bridgehead atoms. The van der Waals surface area contributed by atoms with Crippen LogP contribution < -0.4 is 11.1 Å². The molecule has 0 aromatic heterocycles. The highest BCUT2D eigenvalue weighted by Crippen LogP contribution is 2.38. The van der Waals surface area contributed by atoms with Gasteiger partial charge in [-0.15, -0.1) is 0 Å². The first kappa shape index (κ1) is 13.0. The second kappa shape index (κ2) is 5.30. The second-order valence-corrected chi connectivity index (χ2v) is 4.49. The molecule has 92 valence electrons. The lowest BCUT2D eigenvalue weighted by Crippen LogP contribution is -2.53. The Labute approximate surface area is 95.7 Å². The predicted octanol–water partition coefficient (Wildman–Crippen LogP) is 0.183. The van der Waals surface area contributed by atoms with E-state index in [-0.39, 0.29) is 11.9 Å². The highest BCUT2D eigenvalue weighted by Gasteiger charge is 2.43. The molecule has 0 radical (unpaired) electrons. The first-order chi connectivity index (χ1) is 7.48. The number of carbonyl (C=O) groups is 2. The summed E-state index contributed by atoms with van der Waals surface area (Å²) in [7, 11) is 1.35. The second-order valence-electron chi connectivity index (χ2n) is 4.49. The summed E-state index contributed by atoms with van der Waals surface area (Å²) in [6.45, 7) is 2.23. The molecule has 1 fully saturated rings. The molecular weight excluding hydrogens is 208 g/mol. The number of carbonyl (C=O) groups excluding carboxylic acids is 2. The van der Waals surface area contributed by atoms with Crippen LogP contribution in [-0.4, -0.2) is 31.1 Å². The van der Waals surface area contributed by atoms with Crippen molar-refractivity contribution in [2.45, 2.75) is 38.1 Å². The summed E-state index contributed by atoms with van der Waals surface area (Å²) in [5.74, 6) is -0.0695. The van der Waals surface area contributed by atoms with Gasteiger partial charge in [0, 0.05) is 13.0 Å². The number of esters is 1. The molecule has 0 aliphatic heterocycles. The quantitative estimate of drug-likeness (QED) is 0.502. The van der Waals surface area contributed by atoms with E-state index in [0.717, 1.165) is 12.8 Å². The van der Waals surface area contributed by atoms with E-state index in [2.05, 4.69) is 10.1 Å². The molecule has 1 aliphatic rings. The Morgan fingerprint density at radius 3 is 2.62 bits per heavy atom. The molecule has 16 heavy (non-hydrogen) atoms. The third-order valence-corrected chi connectivity index (χ3v) is 2.99. The summed E-state index contributed by atoms with van der Waals surface area (Å²) < 4.78 is 4.50. The van der Waals surface area contributed by atoms with Gasteiger partial charge in [0.1, 0.15) is 0 Å². The highest BCUT2D eigenvalue weighted by molar-refractivity contribution is 5.86. The van der Waals surface area contributed by atoms with Gasteiger partial charge >= 0.3 is 5.97 Å². The van der Waals surface area contributed by atoms with Crippen molar-refractivity contribution in [3.8, 4) is 0 Å². The zero-order valence-electron chi connectivity index (χ0n) is 9.91. The van der Waals surface area contributed by atoms with E-state index < -0.39 is 5.54 Å². The van der Waals surface area contributed by atoms with E-state index in [1.54, 1.807) is 6.92 Å². The van der Waals surface area contributed by atoms with Crippen LogP contribution in [0.3, 0.4) is 0 Å². The average molecular weight is 228 g/mol. The number of nitrogens with two attached hydrogens (primary N) is 1.